The second-order valence-electron chi connectivity index (χ2n) is 7.20. The Hall–Kier alpha value is -2.20. The van der Waals surface area contributed by atoms with Crippen molar-refractivity contribution in [3.05, 3.63) is 64.1 Å². The van der Waals surface area contributed by atoms with E-state index in [2.05, 4.69) is 26.1 Å². The van der Waals surface area contributed by atoms with E-state index < -0.39 is 10.0 Å². The molecule has 0 saturated carbocycles. The maximum absolute atomic E-state index is 13.3. The van der Waals surface area contributed by atoms with Gasteiger partial charge in [-0.3, -0.25) is 0 Å². The molecular weight excluding hydrogens is 516 g/mol. The molecule has 7 nitrogen and oxygen atoms in total. The van der Waals surface area contributed by atoms with Crippen LogP contribution in [0.25, 0.3) is 11.3 Å². The monoisotopic (exact) mass is 536 g/mol. The van der Waals surface area contributed by atoms with Crippen LogP contribution in [0.2, 0.25) is 5.02 Å². The van der Waals surface area contributed by atoms with Gasteiger partial charge >= 0.3 is 0 Å². The molecule has 10 heteroatoms. The van der Waals surface area contributed by atoms with Crippen LogP contribution in [0.4, 0.5) is 5.82 Å². The standard InChI is InChI=1S/C22H22BrClN4O3S/c1-2-31-20-9-5-17(23)15-21(20)32(29,30)28-13-11-27(12-14-28)22-10-8-19(25-26-22)16-3-6-18(24)7-4-16/h3-10,15H,2,11-14H2,1H3. The number of ether oxygens (including phenoxy) is 1. The molecule has 0 bridgehead atoms. The molecule has 1 fully saturated rings. The van der Waals surface area contributed by atoms with Gasteiger partial charge in [0.15, 0.2) is 5.82 Å². The quantitative estimate of drug-likeness (QED) is 0.462. The number of sulfonamides is 1. The Morgan fingerprint density at radius 1 is 1.00 bits per heavy atom. The van der Waals surface area contributed by atoms with E-state index in [9.17, 15) is 8.42 Å². The van der Waals surface area contributed by atoms with Crippen LogP contribution >= 0.6 is 27.5 Å². The lowest BCUT2D eigenvalue weighted by atomic mass is 10.1. The zero-order valence-electron chi connectivity index (χ0n) is 17.4. The van der Waals surface area contributed by atoms with Crippen LogP contribution in [0.5, 0.6) is 5.75 Å². The summed E-state index contributed by atoms with van der Waals surface area (Å²) in [7, 11) is -3.68. The minimum Gasteiger partial charge on any atom is -0.492 e. The third-order valence-electron chi connectivity index (χ3n) is 5.18. The second kappa shape index (κ2) is 9.74. The first kappa shape index (κ1) is 23.0. The molecule has 1 saturated heterocycles. The summed E-state index contributed by atoms with van der Waals surface area (Å²) < 4.78 is 34.3. The molecule has 0 unspecified atom stereocenters. The smallest absolute Gasteiger partial charge is 0.246 e. The Balaban J connectivity index is 1.46. The maximum Gasteiger partial charge on any atom is 0.246 e. The van der Waals surface area contributed by atoms with E-state index in [1.54, 1.807) is 18.2 Å². The van der Waals surface area contributed by atoms with Crippen molar-refractivity contribution in [1.29, 1.82) is 0 Å². The fourth-order valence-corrected chi connectivity index (χ4v) is 5.74. The summed E-state index contributed by atoms with van der Waals surface area (Å²) in [6.45, 7) is 3.96. The number of halogens is 2. The first-order valence-electron chi connectivity index (χ1n) is 10.2. The van der Waals surface area contributed by atoms with E-state index in [1.165, 1.54) is 4.31 Å². The molecule has 2 heterocycles. The van der Waals surface area contributed by atoms with Gasteiger partial charge in [-0.2, -0.15) is 4.31 Å². The van der Waals surface area contributed by atoms with Crippen molar-refractivity contribution in [1.82, 2.24) is 14.5 Å². The van der Waals surface area contributed by atoms with E-state index in [0.29, 0.717) is 48.0 Å². The van der Waals surface area contributed by atoms with Gasteiger partial charge in [0.05, 0.1) is 12.3 Å². The number of rotatable bonds is 6. The molecule has 2 aromatic carbocycles. The first-order chi connectivity index (χ1) is 15.4. The van der Waals surface area contributed by atoms with Gasteiger partial charge in [0.25, 0.3) is 0 Å². The highest BCUT2D eigenvalue weighted by molar-refractivity contribution is 9.10. The van der Waals surface area contributed by atoms with Gasteiger partial charge < -0.3 is 9.64 Å². The highest BCUT2D eigenvalue weighted by Crippen LogP contribution is 2.31. The molecule has 0 N–H and O–H groups in total. The van der Waals surface area contributed by atoms with E-state index in [1.807, 2.05) is 48.2 Å². The van der Waals surface area contributed by atoms with Crippen LogP contribution in [0.15, 0.2) is 64.0 Å². The van der Waals surface area contributed by atoms with Crippen molar-refractivity contribution in [2.75, 3.05) is 37.7 Å². The van der Waals surface area contributed by atoms with Gasteiger partial charge in [0.1, 0.15) is 10.6 Å². The summed E-state index contributed by atoms with van der Waals surface area (Å²) in [5.41, 5.74) is 1.69. The van der Waals surface area contributed by atoms with Crippen LogP contribution < -0.4 is 9.64 Å². The SMILES string of the molecule is CCOc1ccc(Br)cc1S(=O)(=O)N1CCN(c2ccc(-c3ccc(Cl)cc3)nn2)CC1. The van der Waals surface area contributed by atoms with E-state index in [0.717, 1.165) is 17.1 Å². The van der Waals surface area contributed by atoms with Crippen molar-refractivity contribution < 1.29 is 13.2 Å². The largest absolute Gasteiger partial charge is 0.492 e. The van der Waals surface area contributed by atoms with Gasteiger partial charge in [-0.1, -0.05) is 39.7 Å². The van der Waals surface area contributed by atoms with Crippen molar-refractivity contribution in [2.24, 2.45) is 0 Å². The van der Waals surface area contributed by atoms with Gasteiger partial charge in [-0.25, -0.2) is 8.42 Å². The molecule has 1 aliphatic heterocycles. The number of nitrogens with zero attached hydrogens (tertiary/aromatic N) is 4. The molecule has 0 radical (unpaired) electrons. The molecule has 168 valence electrons. The lowest BCUT2D eigenvalue weighted by Gasteiger charge is -2.34. The predicted molar refractivity (Wildman–Crippen MR) is 129 cm³/mol. The molecule has 0 aliphatic carbocycles. The van der Waals surface area contributed by atoms with E-state index >= 15 is 0 Å². The number of aromatic nitrogens is 2. The van der Waals surface area contributed by atoms with Crippen LogP contribution in [0.1, 0.15) is 6.92 Å². The lowest BCUT2D eigenvalue weighted by molar-refractivity contribution is 0.327. The van der Waals surface area contributed by atoms with Crippen molar-refractivity contribution in [2.45, 2.75) is 11.8 Å². The van der Waals surface area contributed by atoms with Gasteiger partial charge in [0.2, 0.25) is 10.0 Å². The molecule has 0 spiro atoms. The number of anilines is 1. The Bertz CT molecular complexity index is 1180. The third-order valence-corrected chi connectivity index (χ3v) is 7.84. The highest BCUT2D eigenvalue weighted by Gasteiger charge is 2.31. The molecule has 0 amide bonds. The number of hydrogen-bond donors (Lipinski definition) is 0. The minimum atomic E-state index is -3.68. The summed E-state index contributed by atoms with van der Waals surface area (Å²) in [6, 6.07) is 16.3. The average Bonchev–Trinajstić information content (AvgIpc) is 2.81. The summed E-state index contributed by atoms with van der Waals surface area (Å²) in [5, 5.41) is 9.34. The molecule has 32 heavy (non-hydrogen) atoms. The van der Waals surface area contributed by atoms with Crippen LogP contribution in [0.3, 0.4) is 0 Å². The summed E-state index contributed by atoms with van der Waals surface area (Å²) >= 11 is 9.30. The van der Waals surface area contributed by atoms with Crippen LogP contribution in [-0.4, -0.2) is 55.7 Å². The van der Waals surface area contributed by atoms with Crippen LogP contribution in [-0.2, 0) is 10.0 Å². The zero-order chi connectivity index (χ0) is 22.7. The first-order valence-corrected chi connectivity index (χ1v) is 12.8. The molecule has 0 atom stereocenters. The van der Waals surface area contributed by atoms with E-state index in [4.69, 9.17) is 16.3 Å². The molecular formula is C22H22BrClN4O3S. The minimum absolute atomic E-state index is 0.175. The Kier molecular flexibility index (Phi) is 6.99. The van der Waals surface area contributed by atoms with Crippen molar-refractivity contribution in [3.63, 3.8) is 0 Å². The Labute approximate surface area is 201 Å². The zero-order valence-corrected chi connectivity index (χ0v) is 20.6. The Morgan fingerprint density at radius 2 is 1.72 bits per heavy atom. The van der Waals surface area contributed by atoms with E-state index in [-0.39, 0.29) is 4.90 Å². The van der Waals surface area contributed by atoms with Gasteiger partial charge in [-0.05, 0) is 49.4 Å². The number of hydrogen-bond acceptors (Lipinski definition) is 6. The lowest BCUT2D eigenvalue weighted by Crippen LogP contribution is -2.49. The maximum atomic E-state index is 13.3. The van der Waals surface area contributed by atoms with Crippen LogP contribution in [0, 0.1) is 0 Å². The summed E-state index contributed by atoms with van der Waals surface area (Å²) in [5.74, 6) is 1.08. The molecule has 4 rings (SSSR count). The van der Waals surface area contributed by atoms with Gasteiger partial charge in [-0.15, -0.1) is 10.2 Å². The fraction of sp³-hybridized carbons (Fsp3) is 0.273. The molecule has 1 aromatic heterocycles. The average molecular weight is 538 g/mol. The second-order valence-corrected chi connectivity index (χ2v) is 10.5. The van der Waals surface area contributed by atoms with Gasteiger partial charge in [0, 0.05) is 41.2 Å². The Morgan fingerprint density at radius 3 is 2.34 bits per heavy atom. The topological polar surface area (TPSA) is 75.6 Å². The normalized spacial score (nSPS) is 15.0. The number of piperazine rings is 1. The van der Waals surface area contributed by atoms with Crippen molar-refractivity contribution in [3.8, 4) is 17.0 Å². The predicted octanol–water partition coefficient (Wildman–Crippen LogP) is 4.47. The van der Waals surface area contributed by atoms with Crippen molar-refractivity contribution >= 4 is 43.4 Å². The fourth-order valence-electron chi connectivity index (χ4n) is 3.52. The summed E-state index contributed by atoms with van der Waals surface area (Å²) in [4.78, 5) is 2.21. The molecule has 3 aromatic rings. The highest BCUT2D eigenvalue weighted by atomic mass is 79.9. The summed E-state index contributed by atoms with van der Waals surface area (Å²) in [6.07, 6.45) is 0. The number of benzene rings is 2. The third kappa shape index (κ3) is 4.91. The molecule has 1 aliphatic rings.